The number of hydrogen-bond acceptors (Lipinski definition) is 4. The van der Waals surface area contributed by atoms with Gasteiger partial charge in [0.05, 0.1) is 6.67 Å². The first kappa shape index (κ1) is 9.94. The monoisotopic (exact) mass is 201 g/mol. The van der Waals surface area contributed by atoms with E-state index in [1.165, 1.54) is 6.07 Å². The molecule has 1 aromatic heterocycles. The van der Waals surface area contributed by atoms with Crippen LogP contribution in [0.15, 0.2) is 17.1 Å². The van der Waals surface area contributed by atoms with Crippen molar-refractivity contribution in [2.24, 2.45) is 5.73 Å². The molecule has 0 bridgehead atoms. The normalized spacial score (nSPS) is 10.0. The van der Waals surface area contributed by atoms with Gasteiger partial charge in [-0.25, -0.2) is 0 Å². The number of nitrogens with zero attached hydrogens (tertiary/aromatic N) is 2. The molecule has 72 valence electrons. The summed E-state index contributed by atoms with van der Waals surface area (Å²) in [6, 6.07) is 1.36. The van der Waals surface area contributed by atoms with Crippen LogP contribution in [0.3, 0.4) is 0 Å². The van der Waals surface area contributed by atoms with Gasteiger partial charge in [-0.2, -0.15) is 0 Å². The van der Waals surface area contributed by atoms with E-state index in [4.69, 9.17) is 22.8 Å². The molecule has 0 aliphatic rings. The Balaban J connectivity index is 3.31. The van der Waals surface area contributed by atoms with Crippen molar-refractivity contribution in [3.05, 3.63) is 27.4 Å². The summed E-state index contributed by atoms with van der Waals surface area (Å²) >= 11 is 4.96. The first-order valence-corrected chi connectivity index (χ1v) is 4.27. The van der Waals surface area contributed by atoms with Crippen LogP contribution < -0.4 is 16.1 Å². The summed E-state index contributed by atoms with van der Waals surface area (Å²) < 4.78 is 2.88. The van der Waals surface area contributed by atoms with E-state index in [1.807, 2.05) is 0 Å². The molecule has 0 radical (unpaired) electrons. The maximum Gasteiger partial charge on any atom is 0.287 e. The Labute approximate surface area is 80.3 Å². The van der Waals surface area contributed by atoms with Gasteiger partial charge in [-0.15, -0.1) is 4.73 Å². The topological polar surface area (TPSA) is 62.2 Å². The first-order valence-electron chi connectivity index (χ1n) is 3.86. The molecular weight excluding hydrogens is 190 g/mol. The Morgan fingerprint density at radius 3 is 2.92 bits per heavy atom. The van der Waals surface area contributed by atoms with E-state index in [0.29, 0.717) is 6.61 Å². The van der Waals surface area contributed by atoms with E-state index in [2.05, 4.69) is 0 Å². The zero-order valence-corrected chi connectivity index (χ0v) is 8.08. The lowest BCUT2D eigenvalue weighted by molar-refractivity contribution is 0.103. The van der Waals surface area contributed by atoms with Gasteiger partial charge in [0.1, 0.15) is 6.61 Å². The van der Waals surface area contributed by atoms with E-state index >= 15 is 0 Å². The average molecular weight is 201 g/mol. The molecular formula is C7H11N3O2S. The predicted molar refractivity (Wildman–Crippen MR) is 50.8 cm³/mol. The summed E-state index contributed by atoms with van der Waals surface area (Å²) in [5.74, 6) is 0. The molecule has 0 aliphatic heterocycles. The molecule has 1 heterocycles. The molecule has 13 heavy (non-hydrogen) atoms. The molecule has 0 unspecified atom stereocenters. The second-order valence-corrected chi connectivity index (χ2v) is 2.67. The van der Waals surface area contributed by atoms with Crippen molar-refractivity contribution >= 4 is 12.2 Å². The Kier molecular flexibility index (Phi) is 3.21. The van der Waals surface area contributed by atoms with Crippen molar-refractivity contribution in [2.75, 3.05) is 6.61 Å². The van der Waals surface area contributed by atoms with Gasteiger partial charge >= 0.3 is 0 Å². The highest BCUT2D eigenvalue weighted by Crippen LogP contribution is 1.86. The van der Waals surface area contributed by atoms with Gasteiger partial charge in [-0.3, -0.25) is 4.79 Å². The number of aromatic nitrogens is 2. The van der Waals surface area contributed by atoms with Crippen LogP contribution in [-0.4, -0.2) is 15.9 Å². The van der Waals surface area contributed by atoms with Gasteiger partial charge in [-0.1, -0.05) is 0 Å². The highest BCUT2D eigenvalue weighted by Gasteiger charge is 1.99. The Bertz CT molecular complexity index is 395. The molecule has 6 heteroatoms. The van der Waals surface area contributed by atoms with Crippen molar-refractivity contribution in [3.8, 4) is 0 Å². The lowest BCUT2D eigenvalue weighted by Gasteiger charge is -2.09. The van der Waals surface area contributed by atoms with Crippen molar-refractivity contribution in [3.63, 3.8) is 0 Å². The number of nitrogens with two attached hydrogens (primary N) is 1. The molecule has 0 saturated carbocycles. The van der Waals surface area contributed by atoms with Gasteiger partial charge in [0.15, 0.2) is 0 Å². The standard InChI is InChI=1S/C7H11N3O2S/c1-2-12-10-6(11)3-4-9(5-8)7(10)13/h3-4H,2,5,8H2,1H3. The minimum Gasteiger partial charge on any atom is -0.408 e. The summed E-state index contributed by atoms with van der Waals surface area (Å²) in [5.41, 5.74) is 5.11. The lowest BCUT2D eigenvalue weighted by Crippen LogP contribution is -2.30. The van der Waals surface area contributed by atoms with E-state index in [9.17, 15) is 4.79 Å². The van der Waals surface area contributed by atoms with Crippen molar-refractivity contribution in [2.45, 2.75) is 13.6 Å². The van der Waals surface area contributed by atoms with E-state index in [0.717, 1.165) is 4.73 Å². The Morgan fingerprint density at radius 1 is 1.69 bits per heavy atom. The molecule has 0 fully saturated rings. The lowest BCUT2D eigenvalue weighted by atomic mass is 10.6. The summed E-state index contributed by atoms with van der Waals surface area (Å²) in [5, 5.41) is 0. The van der Waals surface area contributed by atoms with Crippen LogP contribution in [-0.2, 0) is 6.67 Å². The molecule has 2 N–H and O–H groups in total. The zero-order chi connectivity index (χ0) is 9.84. The zero-order valence-electron chi connectivity index (χ0n) is 7.27. The fraction of sp³-hybridized carbons (Fsp3) is 0.429. The third kappa shape index (κ3) is 1.96. The maximum absolute atomic E-state index is 11.2. The average Bonchev–Trinajstić information content (AvgIpc) is 2.12. The summed E-state index contributed by atoms with van der Waals surface area (Å²) in [7, 11) is 0. The van der Waals surface area contributed by atoms with Gasteiger partial charge in [-0.05, 0) is 19.1 Å². The second-order valence-electron chi connectivity index (χ2n) is 2.30. The third-order valence-electron chi connectivity index (χ3n) is 1.47. The number of rotatable bonds is 3. The SMILES string of the molecule is CCOn1c(=O)ccn(CN)c1=S. The number of hydrogen-bond donors (Lipinski definition) is 1. The molecule has 0 aromatic carbocycles. The molecule has 0 saturated heterocycles. The largest absolute Gasteiger partial charge is 0.408 e. The van der Waals surface area contributed by atoms with Gasteiger partial charge in [0.25, 0.3) is 5.56 Å². The van der Waals surface area contributed by atoms with E-state index in [1.54, 1.807) is 17.7 Å². The third-order valence-corrected chi connectivity index (χ3v) is 1.87. The van der Waals surface area contributed by atoms with Gasteiger partial charge in [0, 0.05) is 12.3 Å². The Hall–Kier alpha value is -1.14. The summed E-state index contributed by atoms with van der Waals surface area (Å²) in [4.78, 5) is 16.2. The van der Waals surface area contributed by atoms with Crippen LogP contribution in [0, 0.1) is 4.77 Å². The fourth-order valence-corrected chi connectivity index (χ4v) is 1.16. The van der Waals surface area contributed by atoms with Crippen LogP contribution in [0.5, 0.6) is 0 Å². The summed E-state index contributed by atoms with van der Waals surface area (Å²) in [6.07, 6.45) is 1.54. The van der Waals surface area contributed by atoms with Crippen molar-refractivity contribution in [1.82, 2.24) is 9.30 Å². The predicted octanol–water partition coefficient (Wildman–Crippen LogP) is -0.256. The summed E-state index contributed by atoms with van der Waals surface area (Å²) in [6.45, 7) is 2.39. The van der Waals surface area contributed by atoms with E-state index in [-0.39, 0.29) is 17.0 Å². The van der Waals surface area contributed by atoms with E-state index < -0.39 is 0 Å². The molecule has 1 aromatic rings. The smallest absolute Gasteiger partial charge is 0.287 e. The molecule has 0 spiro atoms. The Morgan fingerprint density at radius 2 is 2.38 bits per heavy atom. The molecule has 0 amide bonds. The van der Waals surface area contributed by atoms with Crippen LogP contribution in [0.2, 0.25) is 0 Å². The molecule has 0 aliphatic carbocycles. The molecule has 0 atom stereocenters. The van der Waals surface area contributed by atoms with Crippen LogP contribution >= 0.6 is 12.2 Å². The molecule has 1 rings (SSSR count). The van der Waals surface area contributed by atoms with Gasteiger partial charge < -0.3 is 15.1 Å². The molecule has 5 nitrogen and oxygen atoms in total. The van der Waals surface area contributed by atoms with Gasteiger partial charge in [0.2, 0.25) is 4.77 Å². The highest BCUT2D eigenvalue weighted by atomic mass is 32.1. The van der Waals surface area contributed by atoms with Crippen LogP contribution in [0.25, 0.3) is 0 Å². The van der Waals surface area contributed by atoms with Crippen molar-refractivity contribution in [1.29, 1.82) is 0 Å². The fourth-order valence-electron chi connectivity index (χ4n) is 0.883. The van der Waals surface area contributed by atoms with Crippen molar-refractivity contribution < 1.29 is 4.84 Å². The minimum absolute atomic E-state index is 0.228. The first-order chi connectivity index (χ1) is 6.20. The minimum atomic E-state index is -0.281. The second kappa shape index (κ2) is 4.20. The quantitative estimate of drug-likeness (QED) is 0.685. The van der Waals surface area contributed by atoms with Crippen LogP contribution in [0.1, 0.15) is 6.92 Å². The highest BCUT2D eigenvalue weighted by molar-refractivity contribution is 7.71. The van der Waals surface area contributed by atoms with Crippen LogP contribution in [0.4, 0.5) is 0 Å². The maximum atomic E-state index is 11.2.